The Kier molecular flexibility index (Phi) is 3.89. The Labute approximate surface area is 120 Å². The van der Waals surface area contributed by atoms with Gasteiger partial charge >= 0.3 is 6.09 Å². The van der Waals surface area contributed by atoms with Crippen LogP contribution in [0, 0.1) is 0 Å². The van der Waals surface area contributed by atoms with Gasteiger partial charge in [-0.25, -0.2) is 9.36 Å². The molecule has 1 heterocycles. The normalized spacial score (nSPS) is 11.8. The number of benzene rings is 1. The van der Waals surface area contributed by atoms with Gasteiger partial charge in [0.1, 0.15) is 5.60 Å². The fourth-order valence-corrected chi connectivity index (χ4v) is 2.64. The van der Waals surface area contributed by atoms with Crippen LogP contribution in [0.2, 0.25) is 0 Å². The maximum Gasteiger partial charge on any atom is 0.419 e. The maximum absolute atomic E-state index is 12.5. The number of carbonyl (C=O) groups is 1. The number of para-hydroxylation sites is 1. The van der Waals surface area contributed by atoms with Gasteiger partial charge in [-0.3, -0.25) is 0 Å². The lowest BCUT2D eigenvalue weighted by Gasteiger charge is -2.21. The fraction of sp³-hybridized carbons (Fsp3) is 0.471. The van der Waals surface area contributed by atoms with E-state index in [9.17, 15) is 4.79 Å². The summed E-state index contributed by atoms with van der Waals surface area (Å²) in [5.41, 5.74) is 2.76. The van der Waals surface area contributed by atoms with Crippen molar-refractivity contribution in [3.05, 3.63) is 35.5 Å². The van der Waals surface area contributed by atoms with E-state index in [0.717, 1.165) is 29.4 Å². The number of aromatic nitrogens is 1. The number of aryl methyl sites for hydroxylation is 1. The minimum atomic E-state index is -0.486. The molecular weight excluding hydrogens is 250 g/mol. The second-order valence-electron chi connectivity index (χ2n) is 5.97. The Morgan fingerprint density at radius 1 is 1.15 bits per heavy atom. The predicted octanol–water partition coefficient (Wildman–Crippen LogP) is 4.55. The van der Waals surface area contributed by atoms with Crippen LogP contribution in [0.25, 0.3) is 10.9 Å². The van der Waals surface area contributed by atoms with Crippen molar-refractivity contribution < 1.29 is 9.53 Å². The Bertz CT molecular complexity index is 632. The molecule has 108 valence electrons. The van der Waals surface area contributed by atoms with Crippen LogP contribution in [0.3, 0.4) is 0 Å². The minimum Gasteiger partial charge on any atom is -0.443 e. The first-order valence-electron chi connectivity index (χ1n) is 7.23. The van der Waals surface area contributed by atoms with Crippen LogP contribution in [0.4, 0.5) is 4.79 Å². The fourth-order valence-electron chi connectivity index (χ4n) is 2.64. The molecule has 0 aliphatic rings. The molecule has 0 radical (unpaired) electrons. The number of hydrogen-bond acceptors (Lipinski definition) is 2. The number of nitrogens with zero attached hydrogens (tertiary/aromatic N) is 1. The molecule has 0 N–H and O–H groups in total. The van der Waals surface area contributed by atoms with Crippen LogP contribution < -0.4 is 0 Å². The highest BCUT2D eigenvalue weighted by atomic mass is 16.6. The lowest BCUT2D eigenvalue weighted by atomic mass is 10.1. The number of rotatable bonds is 2. The van der Waals surface area contributed by atoms with E-state index in [1.165, 1.54) is 5.56 Å². The van der Waals surface area contributed by atoms with Crippen LogP contribution in [0.15, 0.2) is 24.3 Å². The molecule has 0 aliphatic heterocycles. The highest BCUT2D eigenvalue weighted by Gasteiger charge is 2.23. The summed E-state index contributed by atoms with van der Waals surface area (Å²) in [7, 11) is 0. The summed E-state index contributed by atoms with van der Waals surface area (Å²) in [5.74, 6) is 0. The molecular formula is C17H23NO2. The van der Waals surface area contributed by atoms with Gasteiger partial charge in [0.15, 0.2) is 0 Å². The van der Waals surface area contributed by atoms with E-state index < -0.39 is 5.60 Å². The highest BCUT2D eigenvalue weighted by Crippen LogP contribution is 2.28. The second-order valence-corrected chi connectivity index (χ2v) is 5.97. The van der Waals surface area contributed by atoms with E-state index in [-0.39, 0.29) is 6.09 Å². The molecule has 20 heavy (non-hydrogen) atoms. The number of ether oxygens (including phenoxy) is 1. The van der Waals surface area contributed by atoms with Crippen molar-refractivity contribution in [1.29, 1.82) is 0 Å². The summed E-state index contributed by atoms with van der Waals surface area (Å²) in [4.78, 5) is 12.5. The third-order valence-corrected chi connectivity index (χ3v) is 3.35. The molecule has 0 saturated carbocycles. The van der Waals surface area contributed by atoms with Gasteiger partial charge < -0.3 is 4.74 Å². The van der Waals surface area contributed by atoms with Crippen LogP contribution >= 0.6 is 0 Å². The van der Waals surface area contributed by atoms with Gasteiger partial charge in [0.05, 0.1) is 5.52 Å². The van der Waals surface area contributed by atoms with E-state index in [1.807, 2.05) is 39.0 Å². The zero-order chi connectivity index (χ0) is 14.9. The van der Waals surface area contributed by atoms with Crippen molar-refractivity contribution in [2.24, 2.45) is 0 Å². The second kappa shape index (κ2) is 5.31. The molecule has 0 atom stereocenters. The van der Waals surface area contributed by atoms with Crippen molar-refractivity contribution in [3.8, 4) is 0 Å². The monoisotopic (exact) mass is 273 g/mol. The number of fused-ring (bicyclic) bond motifs is 1. The van der Waals surface area contributed by atoms with E-state index in [1.54, 1.807) is 4.57 Å². The largest absolute Gasteiger partial charge is 0.443 e. The summed E-state index contributed by atoms with van der Waals surface area (Å²) < 4.78 is 7.29. The zero-order valence-corrected chi connectivity index (χ0v) is 13.0. The quantitative estimate of drug-likeness (QED) is 0.803. The van der Waals surface area contributed by atoms with Crippen molar-refractivity contribution >= 4 is 17.0 Å². The Morgan fingerprint density at radius 2 is 1.80 bits per heavy atom. The summed E-state index contributed by atoms with van der Waals surface area (Å²) in [6.07, 6.45) is 1.45. The Hall–Kier alpha value is -1.77. The molecule has 3 nitrogen and oxygen atoms in total. The summed E-state index contributed by atoms with van der Waals surface area (Å²) in [6, 6.07) is 8.04. The third kappa shape index (κ3) is 2.58. The first-order valence-corrected chi connectivity index (χ1v) is 7.23. The molecule has 0 unspecified atom stereocenters. The van der Waals surface area contributed by atoms with Crippen molar-refractivity contribution in [1.82, 2.24) is 4.57 Å². The lowest BCUT2D eigenvalue weighted by molar-refractivity contribution is 0.0540. The van der Waals surface area contributed by atoms with Crippen LogP contribution in [0.5, 0.6) is 0 Å². The molecule has 0 bridgehead atoms. The predicted molar refractivity (Wildman–Crippen MR) is 82.3 cm³/mol. The van der Waals surface area contributed by atoms with Crippen LogP contribution in [-0.4, -0.2) is 16.3 Å². The van der Waals surface area contributed by atoms with Gasteiger partial charge in [-0.15, -0.1) is 0 Å². The first-order chi connectivity index (χ1) is 9.39. The maximum atomic E-state index is 12.5. The molecule has 0 fully saturated rings. The van der Waals surface area contributed by atoms with E-state index in [4.69, 9.17) is 4.74 Å². The van der Waals surface area contributed by atoms with Crippen molar-refractivity contribution in [2.75, 3.05) is 0 Å². The molecule has 0 spiro atoms. The Balaban J connectivity index is 2.65. The molecule has 0 aliphatic carbocycles. The summed E-state index contributed by atoms with van der Waals surface area (Å²) in [6.45, 7) is 9.88. The van der Waals surface area contributed by atoms with Crippen molar-refractivity contribution in [3.63, 3.8) is 0 Å². The standard InChI is InChI=1S/C17H23NO2/c1-6-12-13-10-8-9-11-15(13)18(14(12)7-2)16(19)20-17(3,4)5/h8-11H,6-7H2,1-5H3. The SMILES string of the molecule is CCc1c(CC)n(C(=O)OC(C)(C)C)c2ccccc12. The average molecular weight is 273 g/mol. The Morgan fingerprint density at radius 3 is 2.35 bits per heavy atom. The molecule has 1 aromatic heterocycles. The average Bonchev–Trinajstić information content (AvgIpc) is 2.69. The van der Waals surface area contributed by atoms with Gasteiger partial charge in [-0.1, -0.05) is 32.0 Å². The van der Waals surface area contributed by atoms with E-state index >= 15 is 0 Å². The molecule has 2 rings (SSSR count). The van der Waals surface area contributed by atoms with Gasteiger partial charge in [-0.2, -0.15) is 0 Å². The molecule has 3 heteroatoms. The van der Waals surface area contributed by atoms with Gasteiger partial charge in [0, 0.05) is 11.1 Å². The topological polar surface area (TPSA) is 31.2 Å². The third-order valence-electron chi connectivity index (χ3n) is 3.35. The summed E-state index contributed by atoms with van der Waals surface area (Å²) in [5, 5.41) is 1.15. The van der Waals surface area contributed by atoms with Crippen LogP contribution in [-0.2, 0) is 17.6 Å². The van der Waals surface area contributed by atoms with Gasteiger partial charge in [-0.05, 0) is 45.2 Å². The van der Waals surface area contributed by atoms with Crippen LogP contribution in [0.1, 0.15) is 45.9 Å². The van der Waals surface area contributed by atoms with Crippen molar-refractivity contribution in [2.45, 2.75) is 53.1 Å². The highest BCUT2D eigenvalue weighted by molar-refractivity contribution is 5.93. The number of hydrogen-bond donors (Lipinski definition) is 0. The molecule has 2 aromatic rings. The zero-order valence-electron chi connectivity index (χ0n) is 13.0. The first kappa shape index (κ1) is 14.6. The minimum absolute atomic E-state index is 0.287. The van der Waals surface area contributed by atoms with Gasteiger partial charge in [0.25, 0.3) is 0 Å². The molecule has 0 amide bonds. The molecule has 1 aromatic carbocycles. The van der Waals surface area contributed by atoms with E-state index in [2.05, 4.69) is 19.9 Å². The molecule has 0 saturated heterocycles. The van der Waals surface area contributed by atoms with E-state index in [0.29, 0.717) is 0 Å². The summed E-state index contributed by atoms with van der Waals surface area (Å²) >= 11 is 0. The smallest absolute Gasteiger partial charge is 0.419 e. The number of carbonyl (C=O) groups excluding carboxylic acids is 1. The lowest BCUT2D eigenvalue weighted by Crippen LogP contribution is -2.28. The van der Waals surface area contributed by atoms with Gasteiger partial charge in [0.2, 0.25) is 0 Å².